The number of para-hydroxylation sites is 1. The lowest BCUT2D eigenvalue weighted by molar-refractivity contribution is 0.593. The van der Waals surface area contributed by atoms with Crippen LogP contribution in [0.4, 0.5) is 10.1 Å². The molecule has 0 aliphatic heterocycles. The maximum absolute atomic E-state index is 13.4. The molecule has 0 spiro atoms. The Balaban J connectivity index is 2.38. The van der Waals surface area contributed by atoms with Gasteiger partial charge >= 0.3 is 0 Å². The number of hydrogen-bond donors (Lipinski definition) is 1. The number of hydrogen-bond acceptors (Lipinski definition) is 2. The van der Waals surface area contributed by atoms with Crippen molar-refractivity contribution in [3.8, 4) is 0 Å². The summed E-state index contributed by atoms with van der Waals surface area (Å²) < 4.78 is 41.0. The minimum absolute atomic E-state index is 0.118. The van der Waals surface area contributed by atoms with Crippen LogP contribution >= 0.6 is 38.5 Å². The molecule has 0 saturated heterocycles. The van der Waals surface area contributed by atoms with Crippen LogP contribution in [0.3, 0.4) is 0 Å². The van der Waals surface area contributed by atoms with Gasteiger partial charge in [-0.1, -0.05) is 12.1 Å². The average Bonchev–Trinajstić information content (AvgIpc) is 2.35. The van der Waals surface area contributed by atoms with Gasteiger partial charge in [-0.15, -0.1) is 0 Å². The highest BCUT2D eigenvalue weighted by atomic mass is 127. The van der Waals surface area contributed by atoms with E-state index in [1.54, 1.807) is 24.3 Å². The lowest BCUT2D eigenvalue weighted by Gasteiger charge is -2.10. The minimum Gasteiger partial charge on any atom is -0.279 e. The number of rotatable bonds is 3. The first-order chi connectivity index (χ1) is 8.90. The molecule has 0 saturated carbocycles. The van der Waals surface area contributed by atoms with Gasteiger partial charge in [0.15, 0.2) is 0 Å². The van der Waals surface area contributed by atoms with E-state index in [2.05, 4.69) is 20.7 Å². The second-order valence-corrected chi connectivity index (χ2v) is 7.36. The van der Waals surface area contributed by atoms with Crippen molar-refractivity contribution in [2.45, 2.75) is 4.90 Å². The van der Waals surface area contributed by atoms with Crippen molar-refractivity contribution in [1.29, 1.82) is 0 Å². The van der Waals surface area contributed by atoms with E-state index >= 15 is 0 Å². The molecule has 2 aromatic rings. The van der Waals surface area contributed by atoms with E-state index in [0.29, 0.717) is 5.69 Å². The van der Waals surface area contributed by atoms with Gasteiger partial charge in [0.05, 0.1) is 15.1 Å². The third-order valence-corrected chi connectivity index (χ3v) is 5.27. The Bertz CT molecular complexity index is 721. The van der Waals surface area contributed by atoms with Gasteiger partial charge in [-0.2, -0.15) is 0 Å². The maximum Gasteiger partial charge on any atom is 0.262 e. The summed E-state index contributed by atoms with van der Waals surface area (Å²) in [6.07, 6.45) is 0. The zero-order valence-electron chi connectivity index (χ0n) is 9.40. The van der Waals surface area contributed by atoms with Gasteiger partial charge < -0.3 is 0 Å². The Kier molecular flexibility index (Phi) is 4.46. The van der Waals surface area contributed by atoms with E-state index < -0.39 is 15.8 Å². The standard InChI is InChI=1S/C12H8BrFINO2S/c13-9-6-5-8(7-10(9)14)19(17,18)16-12-4-2-1-3-11(12)15/h1-7,16H. The van der Waals surface area contributed by atoms with Crippen LogP contribution < -0.4 is 4.72 Å². The largest absolute Gasteiger partial charge is 0.279 e. The van der Waals surface area contributed by atoms with Crippen LogP contribution in [-0.2, 0) is 10.0 Å². The summed E-state index contributed by atoms with van der Waals surface area (Å²) in [5, 5.41) is 0. The van der Waals surface area contributed by atoms with Crippen LogP contribution in [0.15, 0.2) is 51.8 Å². The molecule has 0 bridgehead atoms. The zero-order valence-corrected chi connectivity index (χ0v) is 14.0. The van der Waals surface area contributed by atoms with Crippen LogP contribution in [0.25, 0.3) is 0 Å². The van der Waals surface area contributed by atoms with Gasteiger partial charge in [-0.25, -0.2) is 12.8 Å². The Morgan fingerprint density at radius 1 is 1.16 bits per heavy atom. The molecule has 0 aromatic heterocycles. The van der Waals surface area contributed by atoms with Gasteiger partial charge in [-0.05, 0) is 68.9 Å². The molecule has 0 aliphatic rings. The molecule has 0 atom stereocenters. The highest BCUT2D eigenvalue weighted by Gasteiger charge is 2.17. The molecule has 3 nitrogen and oxygen atoms in total. The topological polar surface area (TPSA) is 46.2 Å². The zero-order chi connectivity index (χ0) is 14.0. The molecule has 19 heavy (non-hydrogen) atoms. The van der Waals surface area contributed by atoms with Crippen molar-refractivity contribution in [2.75, 3.05) is 4.72 Å². The SMILES string of the molecule is O=S(=O)(Nc1ccccc1I)c1ccc(Br)c(F)c1. The van der Waals surface area contributed by atoms with Crippen LogP contribution in [0, 0.1) is 9.39 Å². The third-order valence-electron chi connectivity index (χ3n) is 2.32. The predicted molar refractivity (Wildman–Crippen MR) is 84.1 cm³/mol. The van der Waals surface area contributed by atoms with Gasteiger partial charge in [0.2, 0.25) is 0 Å². The summed E-state index contributed by atoms with van der Waals surface area (Å²) in [6.45, 7) is 0. The van der Waals surface area contributed by atoms with Crippen molar-refractivity contribution in [3.63, 3.8) is 0 Å². The molecule has 1 N–H and O–H groups in total. The number of benzene rings is 2. The van der Waals surface area contributed by atoms with Crippen molar-refractivity contribution in [2.24, 2.45) is 0 Å². The molecule has 0 radical (unpaired) electrons. The van der Waals surface area contributed by atoms with E-state index in [9.17, 15) is 12.8 Å². The smallest absolute Gasteiger partial charge is 0.262 e. The molecule has 2 aromatic carbocycles. The number of anilines is 1. The predicted octanol–water partition coefficient (Wildman–Crippen LogP) is 3.99. The van der Waals surface area contributed by atoms with E-state index in [1.807, 2.05) is 22.6 Å². The molecule has 2 rings (SSSR count). The summed E-state index contributed by atoms with van der Waals surface area (Å²) in [4.78, 5) is -0.118. The first kappa shape index (κ1) is 14.7. The average molecular weight is 456 g/mol. The number of sulfonamides is 1. The highest BCUT2D eigenvalue weighted by molar-refractivity contribution is 14.1. The fourth-order valence-electron chi connectivity index (χ4n) is 1.39. The van der Waals surface area contributed by atoms with Crippen LogP contribution in [-0.4, -0.2) is 8.42 Å². The summed E-state index contributed by atoms with van der Waals surface area (Å²) in [6, 6.07) is 10.6. The van der Waals surface area contributed by atoms with Gasteiger partial charge in [0.1, 0.15) is 5.82 Å². The summed E-state index contributed by atoms with van der Waals surface area (Å²) in [5.41, 5.74) is 0.464. The normalized spacial score (nSPS) is 11.3. The fraction of sp³-hybridized carbons (Fsp3) is 0. The number of halogens is 3. The Morgan fingerprint density at radius 3 is 2.47 bits per heavy atom. The maximum atomic E-state index is 13.4. The minimum atomic E-state index is -3.79. The molecule has 0 unspecified atom stereocenters. The molecule has 0 amide bonds. The summed E-state index contributed by atoms with van der Waals surface area (Å²) >= 11 is 5.01. The molecule has 100 valence electrons. The quantitative estimate of drug-likeness (QED) is 0.711. The van der Waals surface area contributed by atoms with Crippen molar-refractivity contribution in [3.05, 3.63) is 56.3 Å². The second kappa shape index (κ2) is 5.76. The van der Waals surface area contributed by atoms with Crippen LogP contribution in [0.1, 0.15) is 0 Å². The first-order valence-corrected chi connectivity index (χ1v) is 8.48. The molecule has 7 heteroatoms. The first-order valence-electron chi connectivity index (χ1n) is 5.12. The van der Waals surface area contributed by atoms with Crippen LogP contribution in [0.5, 0.6) is 0 Å². The van der Waals surface area contributed by atoms with Crippen molar-refractivity contribution in [1.82, 2.24) is 0 Å². The lowest BCUT2D eigenvalue weighted by atomic mass is 10.3. The Morgan fingerprint density at radius 2 is 1.84 bits per heavy atom. The summed E-state index contributed by atoms with van der Waals surface area (Å²) in [5.74, 6) is -0.620. The Hall–Kier alpha value is -0.670. The fourth-order valence-corrected chi connectivity index (χ4v) is 3.43. The van der Waals surface area contributed by atoms with Crippen molar-refractivity contribution < 1.29 is 12.8 Å². The van der Waals surface area contributed by atoms with Gasteiger partial charge in [0, 0.05) is 3.57 Å². The van der Waals surface area contributed by atoms with Crippen molar-refractivity contribution >= 4 is 54.2 Å². The van der Waals surface area contributed by atoms with Gasteiger partial charge in [0.25, 0.3) is 10.0 Å². The second-order valence-electron chi connectivity index (χ2n) is 3.66. The monoisotopic (exact) mass is 455 g/mol. The molecule has 0 fully saturated rings. The molecular weight excluding hydrogens is 448 g/mol. The van der Waals surface area contributed by atoms with E-state index in [4.69, 9.17) is 0 Å². The summed E-state index contributed by atoms with van der Waals surface area (Å²) in [7, 11) is -3.79. The van der Waals surface area contributed by atoms with Crippen LogP contribution in [0.2, 0.25) is 0 Å². The highest BCUT2D eigenvalue weighted by Crippen LogP contribution is 2.23. The van der Waals surface area contributed by atoms with E-state index in [0.717, 1.165) is 9.64 Å². The molecular formula is C12H8BrFINO2S. The third kappa shape index (κ3) is 3.46. The van der Waals surface area contributed by atoms with E-state index in [1.165, 1.54) is 12.1 Å². The van der Waals surface area contributed by atoms with E-state index in [-0.39, 0.29) is 9.37 Å². The Labute approximate surface area is 132 Å². The van der Waals surface area contributed by atoms with Gasteiger partial charge in [-0.3, -0.25) is 4.72 Å². The molecule has 0 heterocycles. The number of nitrogens with one attached hydrogen (secondary N) is 1. The molecule has 0 aliphatic carbocycles. The lowest BCUT2D eigenvalue weighted by Crippen LogP contribution is -2.14.